The van der Waals surface area contributed by atoms with Crippen molar-refractivity contribution in [1.29, 1.82) is 0 Å². The second kappa shape index (κ2) is 12.5. The zero-order valence-electron chi connectivity index (χ0n) is 19.9. The monoisotopic (exact) mass is 489 g/mol. The Balaban J connectivity index is 0.00000132. The quantitative estimate of drug-likeness (QED) is 0.355. The molecule has 0 radical (unpaired) electrons. The summed E-state index contributed by atoms with van der Waals surface area (Å²) in [5, 5.41) is 0. The molecule has 4 atom stereocenters. The fourth-order valence-electron chi connectivity index (χ4n) is 5.24. The summed E-state index contributed by atoms with van der Waals surface area (Å²) in [6.45, 7) is 18.7. The first-order chi connectivity index (χ1) is 13.4. The molecule has 4 unspecified atom stereocenters. The Kier molecular flexibility index (Phi) is 11.8. The van der Waals surface area contributed by atoms with Crippen molar-refractivity contribution in [3.8, 4) is 0 Å². The number of hydrogen-bond acceptors (Lipinski definition) is 2. The molecular formula is C24H44Cl2CoN2. The van der Waals surface area contributed by atoms with Gasteiger partial charge in [-0.1, -0.05) is 67.2 Å². The average molecular weight is 490 g/mol. The van der Waals surface area contributed by atoms with Crippen molar-refractivity contribution in [2.75, 3.05) is 0 Å². The van der Waals surface area contributed by atoms with E-state index in [1.165, 1.54) is 62.8 Å². The predicted molar refractivity (Wildman–Crippen MR) is 128 cm³/mol. The number of aliphatic imine (C=N–C) groups is 2. The van der Waals surface area contributed by atoms with Crippen LogP contribution < -0.4 is 0 Å². The third-order valence-corrected chi connectivity index (χ3v) is 6.93. The summed E-state index contributed by atoms with van der Waals surface area (Å²) in [6.07, 6.45) is 10.6. The second-order valence-corrected chi connectivity index (χ2v) is 12.8. The summed E-state index contributed by atoms with van der Waals surface area (Å²) < 4.78 is 0. The second-order valence-electron chi connectivity index (χ2n) is 11.1. The molecule has 0 heterocycles. The van der Waals surface area contributed by atoms with Gasteiger partial charge in [0.25, 0.3) is 0 Å². The fourth-order valence-corrected chi connectivity index (χ4v) is 5.24. The third-order valence-electron chi connectivity index (χ3n) is 6.93. The number of hydrogen-bond donors (Lipinski definition) is 0. The molecule has 0 aliphatic heterocycles. The average Bonchev–Trinajstić information content (AvgIpc) is 2.61. The van der Waals surface area contributed by atoms with Crippen molar-refractivity contribution >= 4 is 31.7 Å². The van der Waals surface area contributed by atoms with Gasteiger partial charge in [0.1, 0.15) is 0 Å². The van der Waals surface area contributed by atoms with Crippen LogP contribution in [0, 0.1) is 22.7 Å². The van der Waals surface area contributed by atoms with Crippen LogP contribution in [0.4, 0.5) is 0 Å². The molecular weight excluding hydrogens is 446 g/mol. The van der Waals surface area contributed by atoms with Crippen LogP contribution in [0.2, 0.25) is 0 Å². The van der Waals surface area contributed by atoms with Crippen LogP contribution in [-0.4, -0.2) is 23.5 Å². The van der Waals surface area contributed by atoms with Gasteiger partial charge in [0.2, 0.25) is 0 Å². The Bertz CT molecular complexity index is 498. The first-order valence-electron chi connectivity index (χ1n) is 11.3. The van der Waals surface area contributed by atoms with Crippen LogP contribution >= 0.6 is 20.3 Å². The van der Waals surface area contributed by atoms with Crippen molar-refractivity contribution < 1.29 is 12.9 Å². The maximum absolute atomic E-state index is 5.22. The van der Waals surface area contributed by atoms with Gasteiger partial charge in [0.05, 0.1) is 23.5 Å². The number of nitrogens with zero attached hydrogens (tertiary/aromatic N) is 2. The first-order valence-corrected chi connectivity index (χ1v) is 14.2. The predicted octanol–water partition coefficient (Wildman–Crippen LogP) is 8.49. The molecule has 0 spiro atoms. The van der Waals surface area contributed by atoms with Crippen LogP contribution in [-0.2, 0) is 12.9 Å². The molecule has 173 valence electrons. The Labute approximate surface area is 195 Å². The van der Waals surface area contributed by atoms with E-state index in [2.05, 4.69) is 55.4 Å². The molecule has 0 amide bonds. The van der Waals surface area contributed by atoms with Gasteiger partial charge in [-0.25, -0.2) is 0 Å². The van der Waals surface area contributed by atoms with E-state index in [9.17, 15) is 0 Å². The molecule has 29 heavy (non-hydrogen) atoms. The van der Waals surface area contributed by atoms with E-state index >= 15 is 0 Å². The Morgan fingerprint density at radius 3 is 1.21 bits per heavy atom. The zero-order chi connectivity index (χ0) is 22.2. The van der Waals surface area contributed by atoms with Gasteiger partial charge >= 0.3 is 33.2 Å². The molecule has 2 aliphatic rings. The molecule has 0 aromatic heterocycles. The molecule has 2 saturated carbocycles. The summed E-state index contributed by atoms with van der Waals surface area (Å²) >= 11 is 0.382. The summed E-state index contributed by atoms with van der Waals surface area (Å²) in [5.74, 6) is 1.41. The van der Waals surface area contributed by atoms with Crippen molar-refractivity contribution in [1.82, 2.24) is 0 Å². The number of halogens is 2. The molecule has 0 saturated heterocycles. The standard InChI is InChI=1S/C24H44N2.2ClH.Co/c1-17(25-21-15-11-9-13-19(21)23(3,4)5)18(2)26-22-16-12-10-14-20(22)24(6,7)8;;;/h19-22H,9-16H2,1-8H3;2*1H;/q;;;+2/p-2. The minimum atomic E-state index is 0.348. The summed E-state index contributed by atoms with van der Waals surface area (Å²) in [5.41, 5.74) is 3.06. The van der Waals surface area contributed by atoms with E-state index in [-0.39, 0.29) is 0 Å². The van der Waals surface area contributed by atoms with Crippen LogP contribution in [0.1, 0.15) is 107 Å². The summed E-state index contributed by atoms with van der Waals surface area (Å²) in [6, 6.07) is 0.970. The Morgan fingerprint density at radius 2 is 0.931 bits per heavy atom. The molecule has 0 aromatic rings. The van der Waals surface area contributed by atoms with Crippen LogP contribution in [0.15, 0.2) is 9.98 Å². The molecule has 5 heteroatoms. The molecule has 2 nitrogen and oxygen atoms in total. The van der Waals surface area contributed by atoms with Crippen LogP contribution in [0.5, 0.6) is 0 Å². The van der Waals surface area contributed by atoms with Gasteiger partial charge < -0.3 is 0 Å². The molecule has 0 bridgehead atoms. The molecule has 0 N–H and O–H groups in total. The minimum absolute atomic E-state index is 0.348. The van der Waals surface area contributed by atoms with E-state index < -0.39 is 0 Å². The van der Waals surface area contributed by atoms with Gasteiger partial charge in [-0.2, -0.15) is 0 Å². The van der Waals surface area contributed by atoms with Gasteiger partial charge in [-0.05, 0) is 62.2 Å². The van der Waals surface area contributed by atoms with Crippen molar-refractivity contribution in [3.63, 3.8) is 0 Å². The van der Waals surface area contributed by atoms with E-state index in [4.69, 9.17) is 30.3 Å². The van der Waals surface area contributed by atoms with Crippen LogP contribution in [0.3, 0.4) is 0 Å². The zero-order valence-corrected chi connectivity index (χ0v) is 22.5. The third kappa shape index (κ3) is 9.21. The normalized spacial score (nSPS) is 30.0. The maximum atomic E-state index is 5.22. The molecule has 2 rings (SSSR count). The van der Waals surface area contributed by atoms with Gasteiger partial charge in [-0.15, -0.1) is 0 Å². The van der Waals surface area contributed by atoms with Crippen molar-refractivity contribution in [2.24, 2.45) is 32.7 Å². The van der Waals surface area contributed by atoms with E-state index in [1.807, 2.05) is 0 Å². The van der Waals surface area contributed by atoms with E-state index in [1.54, 1.807) is 0 Å². The summed E-state index contributed by atoms with van der Waals surface area (Å²) in [4.78, 5) is 10.4. The van der Waals surface area contributed by atoms with Crippen molar-refractivity contribution in [3.05, 3.63) is 0 Å². The molecule has 2 aliphatic carbocycles. The number of rotatable bonds is 3. The van der Waals surface area contributed by atoms with Gasteiger partial charge in [0.15, 0.2) is 0 Å². The van der Waals surface area contributed by atoms with Gasteiger partial charge in [0, 0.05) is 0 Å². The molecule has 0 aromatic carbocycles. The van der Waals surface area contributed by atoms with Gasteiger partial charge in [-0.3, -0.25) is 9.98 Å². The Morgan fingerprint density at radius 1 is 0.655 bits per heavy atom. The fraction of sp³-hybridized carbons (Fsp3) is 0.917. The van der Waals surface area contributed by atoms with Crippen LogP contribution in [0.25, 0.3) is 0 Å². The SMILES string of the molecule is CC(=NC1CCCCC1C(C)(C)C)C(C)=NC1CCCCC1C(C)(C)C.[Cl][Co][Cl]. The van der Waals surface area contributed by atoms with E-state index in [0.717, 1.165) is 0 Å². The molecule has 2 fully saturated rings. The topological polar surface area (TPSA) is 24.7 Å². The van der Waals surface area contributed by atoms with Crippen molar-refractivity contribution in [2.45, 2.75) is 119 Å². The summed E-state index contributed by atoms with van der Waals surface area (Å²) in [7, 11) is 9.47. The first kappa shape index (κ1) is 27.5. The Hall–Kier alpha value is 0.426. The van der Waals surface area contributed by atoms with E-state index in [0.29, 0.717) is 47.6 Å².